The van der Waals surface area contributed by atoms with Crippen molar-refractivity contribution >= 4 is 40.1 Å². The summed E-state index contributed by atoms with van der Waals surface area (Å²) >= 11 is 1.20. The van der Waals surface area contributed by atoms with Crippen LogP contribution in [0.3, 0.4) is 0 Å². The van der Waals surface area contributed by atoms with Crippen LogP contribution in [0.25, 0.3) is 21.7 Å². The van der Waals surface area contributed by atoms with E-state index in [0.29, 0.717) is 21.4 Å². The van der Waals surface area contributed by atoms with Crippen LogP contribution >= 0.6 is 11.3 Å². The molecule has 2 amide bonds. The van der Waals surface area contributed by atoms with Gasteiger partial charge in [-0.3, -0.25) is 9.59 Å². The summed E-state index contributed by atoms with van der Waals surface area (Å²) in [6.07, 6.45) is 0. The zero-order valence-corrected chi connectivity index (χ0v) is 14.9. The van der Waals surface area contributed by atoms with Crippen molar-refractivity contribution in [1.82, 2.24) is 10.0 Å². The molecule has 0 bridgehead atoms. The zero-order valence-electron chi connectivity index (χ0n) is 14.1. The Bertz CT molecular complexity index is 1200. The highest BCUT2D eigenvalue weighted by molar-refractivity contribution is 7.13. The van der Waals surface area contributed by atoms with Crippen LogP contribution in [0, 0.1) is 0 Å². The standard InChI is InChI=1S/C20H10N2O5S/c23-18-12-6-2-3-7-13(12)19(24)22(18)27-20(25)14-10-28-17(21-14)16-9-11-5-1-4-8-15(11)26-16/h1-10H. The molecule has 0 fully saturated rings. The number of aromatic nitrogens is 1. The van der Waals surface area contributed by atoms with Gasteiger partial charge in [0.25, 0.3) is 11.8 Å². The van der Waals surface area contributed by atoms with Gasteiger partial charge < -0.3 is 9.25 Å². The summed E-state index contributed by atoms with van der Waals surface area (Å²) in [6, 6.07) is 15.6. The summed E-state index contributed by atoms with van der Waals surface area (Å²) in [5, 5.41) is 3.37. The third kappa shape index (κ3) is 2.50. The highest BCUT2D eigenvalue weighted by atomic mass is 32.1. The van der Waals surface area contributed by atoms with Crippen LogP contribution in [0.4, 0.5) is 0 Å². The normalized spacial score (nSPS) is 13.2. The molecule has 7 nitrogen and oxygen atoms in total. The summed E-state index contributed by atoms with van der Waals surface area (Å²) in [5.74, 6) is -1.73. The molecule has 8 heteroatoms. The van der Waals surface area contributed by atoms with Crippen molar-refractivity contribution in [2.45, 2.75) is 0 Å². The smallest absolute Gasteiger partial charge is 0.383 e. The van der Waals surface area contributed by atoms with Gasteiger partial charge in [0.2, 0.25) is 0 Å². The number of amides is 2. The second-order valence-corrected chi connectivity index (χ2v) is 6.87. The third-order valence-electron chi connectivity index (χ3n) is 4.28. The number of para-hydroxylation sites is 1. The van der Waals surface area contributed by atoms with E-state index < -0.39 is 17.8 Å². The Balaban J connectivity index is 1.38. The van der Waals surface area contributed by atoms with Crippen LogP contribution in [0.1, 0.15) is 31.2 Å². The van der Waals surface area contributed by atoms with Gasteiger partial charge in [0.1, 0.15) is 5.58 Å². The van der Waals surface area contributed by atoms with E-state index >= 15 is 0 Å². The van der Waals surface area contributed by atoms with E-state index in [0.717, 1.165) is 5.39 Å². The highest BCUT2D eigenvalue weighted by Crippen LogP contribution is 2.30. The number of imide groups is 1. The Labute approximate surface area is 161 Å². The van der Waals surface area contributed by atoms with Gasteiger partial charge in [-0.05, 0) is 24.3 Å². The summed E-state index contributed by atoms with van der Waals surface area (Å²) in [6.45, 7) is 0. The Morgan fingerprint density at radius 2 is 1.68 bits per heavy atom. The monoisotopic (exact) mass is 390 g/mol. The first-order valence-electron chi connectivity index (χ1n) is 8.26. The molecular formula is C20H10N2O5S. The molecule has 28 heavy (non-hydrogen) atoms. The summed E-state index contributed by atoms with van der Waals surface area (Å²) in [5.41, 5.74) is 1.09. The molecule has 0 radical (unpaired) electrons. The van der Waals surface area contributed by atoms with Crippen molar-refractivity contribution < 1.29 is 23.6 Å². The number of carbonyl (C=O) groups is 3. The predicted molar refractivity (Wildman–Crippen MR) is 99.7 cm³/mol. The molecule has 0 atom stereocenters. The minimum Gasteiger partial charge on any atom is -0.454 e. The van der Waals surface area contributed by atoms with Crippen molar-refractivity contribution in [3.05, 3.63) is 76.8 Å². The van der Waals surface area contributed by atoms with Crippen molar-refractivity contribution in [2.24, 2.45) is 0 Å². The topological polar surface area (TPSA) is 89.7 Å². The maximum Gasteiger partial charge on any atom is 0.383 e. The lowest BCUT2D eigenvalue weighted by atomic mass is 10.1. The molecular weight excluding hydrogens is 380 g/mol. The Hall–Kier alpha value is -3.78. The van der Waals surface area contributed by atoms with Crippen molar-refractivity contribution in [1.29, 1.82) is 0 Å². The number of hydrogen-bond donors (Lipinski definition) is 0. The molecule has 5 rings (SSSR count). The zero-order chi connectivity index (χ0) is 19.3. The van der Waals surface area contributed by atoms with E-state index in [1.165, 1.54) is 28.8 Å². The van der Waals surface area contributed by atoms with Crippen molar-refractivity contribution in [3.8, 4) is 10.8 Å². The summed E-state index contributed by atoms with van der Waals surface area (Å²) in [7, 11) is 0. The highest BCUT2D eigenvalue weighted by Gasteiger charge is 2.39. The Morgan fingerprint density at radius 1 is 1.00 bits per heavy atom. The molecule has 0 unspecified atom stereocenters. The number of carbonyl (C=O) groups excluding carboxylic acids is 3. The maximum atomic E-state index is 12.4. The number of furan rings is 1. The van der Waals surface area contributed by atoms with E-state index in [1.54, 1.807) is 12.1 Å². The molecule has 0 saturated carbocycles. The number of rotatable bonds is 3. The molecule has 0 N–H and O–H groups in total. The van der Waals surface area contributed by atoms with Crippen LogP contribution in [0.5, 0.6) is 0 Å². The average Bonchev–Trinajstić information content (AvgIpc) is 3.42. The lowest BCUT2D eigenvalue weighted by molar-refractivity contribution is -0.0587. The largest absolute Gasteiger partial charge is 0.454 e. The minimum absolute atomic E-state index is 0.0167. The molecule has 2 aromatic carbocycles. The minimum atomic E-state index is -0.895. The number of nitrogens with zero attached hydrogens (tertiary/aromatic N) is 2. The van der Waals surface area contributed by atoms with Gasteiger partial charge in [0, 0.05) is 10.8 Å². The molecule has 0 saturated heterocycles. The van der Waals surface area contributed by atoms with Crippen molar-refractivity contribution in [3.63, 3.8) is 0 Å². The first-order chi connectivity index (χ1) is 13.6. The number of benzene rings is 2. The van der Waals surface area contributed by atoms with Crippen LogP contribution in [0.2, 0.25) is 0 Å². The summed E-state index contributed by atoms with van der Waals surface area (Å²) < 4.78 is 5.73. The predicted octanol–water partition coefficient (Wildman–Crippen LogP) is 3.92. The van der Waals surface area contributed by atoms with E-state index in [9.17, 15) is 14.4 Å². The van der Waals surface area contributed by atoms with Gasteiger partial charge in [-0.15, -0.1) is 11.3 Å². The maximum absolute atomic E-state index is 12.4. The fourth-order valence-corrected chi connectivity index (χ4v) is 3.69. The first-order valence-corrected chi connectivity index (χ1v) is 9.14. The van der Waals surface area contributed by atoms with Gasteiger partial charge in [-0.25, -0.2) is 9.78 Å². The second kappa shape index (κ2) is 6.14. The number of hydroxylamine groups is 2. The number of hydrogen-bond acceptors (Lipinski definition) is 7. The van der Waals surface area contributed by atoms with Crippen LogP contribution in [0.15, 0.2) is 64.4 Å². The van der Waals surface area contributed by atoms with E-state index in [4.69, 9.17) is 9.25 Å². The molecule has 136 valence electrons. The van der Waals surface area contributed by atoms with Gasteiger partial charge in [-0.2, -0.15) is 0 Å². The van der Waals surface area contributed by atoms with Gasteiger partial charge in [0.05, 0.1) is 11.1 Å². The first kappa shape index (κ1) is 16.4. The molecule has 1 aliphatic heterocycles. The SMILES string of the molecule is O=C(ON1C(=O)c2ccccc2C1=O)c1csc(-c2cc3ccccc3o2)n1. The Kier molecular flexibility index (Phi) is 3.59. The van der Waals surface area contributed by atoms with E-state index in [1.807, 2.05) is 30.3 Å². The van der Waals surface area contributed by atoms with Gasteiger partial charge in [0.15, 0.2) is 16.5 Å². The van der Waals surface area contributed by atoms with Gasteiger partial charge >= 0.3 is 5.97 Å². The fraction of sp³-hybridized carbons (Fsp3) is 0. The van der Waals surface area contributed by atoms with Gasteiger partial charge in [-0.1, -0.05) is 35.4 Å². The number of fused-ring (bicyclic) bond motifs is 2. The number of thiazole rings is 1. The van der Waals surface area contributed by atoms with Crippen LogP contribution in [-0.4, -0.2) is 27.8 Å². The molecule has 0 aliphatic carbocycles. The van der Waals surface area contributed by atoms with Crippen LogP contribution < -0.4 is 0 Å². The van der Waals surface area contributed by atoms with Crippen molar-refractivity contribution in [2.75, 3.05) is 0 Å². The lowest BCUT2D eigenvalue weighted by Gasteiger charge is -2.11. The quantitative estimate of drug-likeness (QED) is 0.493. The Morgan fingerprint density at radius 3 is 2.39 bits per heavy atom. The lowest BCUT2D eigenvalue weighted by Crippen LogP contribution is -2.32. The van der Waals surface area contributed by atoms with E-state index in [-0.39, 0.29) is 16.8 Å². The molecule has 1 aliphatic rings. The molecule has 4 aromatic rings. The molecule has 0 spiro atoms. The average molecular weight is 390 g/mol. The fourth-order valence-electron chi connectivity index (χ4n) is 2.95. The molecule has 2 aromatic heterocycles. The third-order valence-corrected chi connectivity index (χ3v) is 5.14. The summed E-state index contributed by atoms with van der Waals surface area (Å²) in [4.78, 5) is 46.2. The van der Waals surface area contributed by atoms with E-state index in [2.05, 4.69) is 4.98 Å². The second-order valence-electron chi connectivity index (χ2n) is 6.02. The van der Waals surface area contributed by atoms with Crippen LogP contribution in [-0.2, 0) is 4.84 Å². The molecule has 3 heterocycles.